The molecule has 0 saturated carbocycles. The van der Waals surface area contributed by atoms with Crippen molar-refractivity contribution >= 4 is 0 Å². The highest BCUT2D eigenvalue weighted by Gasteiger charge is 2.11. The molecule has 19 heavy (non-hydrogen) atoms. The Bertz CT molecular complexity index is 354. The molecule has 3 nitrogen and oxygen atoms in total. The van der Waals surface area contributed by atoms with Gasteiger partial charge < -0.3 is 14.8 Å². The van der Waals surface area contributed by atoms with E-state index in [0.717, 1.165) is 25.3 Å². The van der Waals surface area contributed by atoms with E-state index < -0.39 is 0 Å². The molecule has 3 heteroatoms. The van der Waals surface area contributed by atoms with Crippen molar-refractivity contribution in [1.29, 1.82) is 0 Å². The lowest BCUT2D eigenvalue weighted by atomic mass is 10.1. The largest absolute Gasteiger partial charge is 0.489 e. The van der Waals surface area contributed by atoms with Crippen LogP contribution in [-0.2, 0) is 11.2 Å². The lowest BCUT2D eigenvalue weighted by Gasteiger charge is -2.24. The number of hydrogen-bond donors (Lipinski definition) is 1. The molecule has 1 N–H and O–H groups in total. The highest BCUT2D eigenvalue weighted by atomic mass is 16.5. The molecule has 0 saturated heterocycles. The Hall–Kier alpha value is -1.06. The maximum absolute atomic E-state index is 5.88. The molecule has 108 valence electrons. The number of nitrogens with one attached hydrogen (secondary N) is 1. The minimum atomic E-state index is 0.127. The van der Waals surface area contributed by atoms with Gasteiger partial charge in [-0.05, 0) is 51.8 Å². The van der Waals surface area contributed by atoms with Crippen LogP contribution in [0, 0.1) is 0 Å². The first-order valence-corrected chi connectivity index (χ1v) is 6.90. The van der Waals surface area contributed by atoms with E-state index in [-0.39, 0.29) is 11.6 Å². The zero-order valence-corrected chi connectivity index (χ0v) is 12.8. The molecule has 0 aliphatic heterocycles. The summed E-state index contributed by atoms with van der Waals surface area (Å²) in [6.07, 6.45) is 1.10. The second kappa shape index (κ2) is 7.51. The Morgan fingerprint density at radius 3 is 2.32 bits per heavy atom. The summed E-state index contributed by atoms with van der Waals surface area (Å²) < 4.78 is 10.9. The standard InChI is InChI=1S/C16H27NO2/c1-13(12-17-16(2,3)4)19-15-8-6-14(7-9-15)10-11-18-5/h6-9,13,17H,10-12H2,1-5H3. The van der Waals surface area contributed by atoms with Crippen LogP contribution in [0.2, 0.25) is 0 Å². The summed E-state index contributed by atoms with van der Waals surface area (Å²) in [7, 11) is 1.72. The zero-order chi connectivity index (χ0) is 14.3. The monoisotopic (exact) mass is 265 g/mol. The number of hydrogen-bond acceptors (Lipinski definition) is 3. The van der Waals surface area contributed by atoms with Crippen molar-refractivity contribution in [2.75, 3.05) is 20.3 Å². The molecule has 0 spiro atoms. The van der Waals surface area contributed by atoms with Gasteiger partial charge in [0.1, 0.15) is 11.9 Å². The van der Waals surface area contributed by atoms with Crippen molar-refractivity contribution in [1.82, 2.24) is 5.32 Å². The number of methoxy groups -OCH3 is 1. The van der Waals surface area contributed by atoms with Gasteiger partial charge in [0.15, 0.2) is 0 Å². The van der Waals surface area contributed by atoms with Crippen LogP contribution in [0.1, 0.15) is 33.3 Å². The molecule has 1 aromatic rings. The van der Waals surface area contributed by atoms with E-state index in [2.05, 4.69) is 45.1 Å². The predicted octanol–water partition coefficient (Wildman–Crippen LogP) is 3.03. The van der Waals surface area contributed by atoms with E-state index in [9.17, 15) is 0 Å². The molecular weight excluding hydrogens is 238 g/mol. The van der Waals surface area contributed by atoms with Gasteiger partial charge in [-0.25, -0.2) is 0 Å². The lowest BCUT2D eigenvalue weighted by Crippen LogP contribution is -2.41. The Labute approximate surface area is 117 Å². The van der Waals surface area contributed by atoms with Crippen molar-refractivity contribution in [2.24, 2.45) is 0 Å². The summed E-state index contributed by atoms with van der Waals surface area (Å²) in [6, 6.07) is 8.24. The summed E-state index contributed by atoms with van der Waals surface area (Å²) in [5.41, 5.74) is 1.40. The van der Waals surface area contributed by atoms with Gasteiger partial charge in [0.05, 0.1) is 6.61 Å². The number of rotatable bonds is 7. The van der Waals surface area contributed by atoms with Crippen molar-refractivity contribution in [3.05, 3.63) is 29.8 Å². The third-order valence-electron chi connectivity index (χ3n) is 2.78. The normalized spacial score (nSPS) is 13.3. The van der Waals surface area contributed by atoms with Crippen LogP contribution >= 0.6 is 0 Å². The average Bonchev–Trinajstić information content (AvgIpc) is 2.35. The van der Waals surface area contributed by atoms with Crippen molar-refractivity contribution in [3.63, 3.8) is 0 Å². The number of benzene rings is 1. The van der Waals surface area contributed by atoms with Crippen LogP contribution in [0.25, 0.3) is 0 Å². The van der Waals surface area contributed by atoms with Crippen molar-refractivity contribution in [3.8, 4) is 5.75 Å². The SMILES string of the molecule is COCCc1ccc(OC(C)CNC(C)(C)C)cc1. The zero-order valence-electron chi connectivity index (χ0n) is 12.8. The van der Waals surface area contributed by atoms with E-state index in [1.165, 1.54) is 5.56 Å². The second-order valence-corrected chi connectivity index (χ2v) is 5.95. The maximum Gasteiger partial charge on any atom is 0.119 e. The van der Waals surface area contributed by atoms with Crippen LogP contribution in [-0.4, -0.2) is 31.9 Å². The van der Waals surface area contributed by atoms with Crippen molar-refractivity contribution in [2.45, 2.75) is 45.8 Å². The van der Waals surface area contributed by atoms with Gasteiger partial charge in [0, 0.05) is 19.2 Å². The third kappa shape index (κ3) is 7.19. The second-order valence-electron chi connectivity index (χ2n) is 5.95. The van der Waals surface area contributed by atoms with E-state index in [1.54, 1.807) is 7.11 Å². The summed E-state index contributed by atoms with van der Waals surface area (Å²) in [5.74, 6) is 0.921. The quantitative estimate of drug-likeness (QED) is 0.822. The molecular formula is C16H27NO2. The van der Waals surface area contributed by atoms with E-state index in [0.29, 0.717) is 0 Å². The molecule has 0 aromatic heterocycles. The van der Waals surface area contributed by atoms with Crippen LogP contribution in [0.3, 0.4) is 0 Å². The molecule has 0 fully saturated rings. The van der Waals surface area contributed by atoms with Crippen LogP contribution in [0.4, 0.5) is 0 Å². The molecule has 1 atom stereocenters. The van der Waals surface area contributed by atoms with E-state index in [1.807, 2.05) is 12.1 Å². The van der Waals surface area contributed by atoms with Crippen molar-refractivity contribution < 1.29 is 9.47 Å². The molecule has 0 heterocycles. The van der Waals surface area contributed by atoms with Gasteiger partial charge in [0.2, 0.25) is 0 Å². The van der Waals surface area contributed by atoms with Gasteiger partial charge in [-0.1, -0.05) is 12.1 Å². The Kier molecular flexibility index (Phi) is 6.32. The molecule has 0 bridgehead atoms. The molecule has 0 aliphatic rings. The fourth-order valence-corrected chi connectivity index (χ4v) is 1.68. The summed E-state index contributed by atoms with van der Waals surface area (Å²) >= 11 is 0. The Morgan fingerprint density at radius 1 is 1.16 bits per heavy atom. The van der Waals surface area contributed by atoms with Gasteiger partial charge >= 0.3 is 0 Å². The summed E-state index contributed by atoms with van der Waals surface area (Å²) in [5, 5.41) is 3.44. The van der Waals surface area contributed by atoms with Gasteiger partial charge in [0.25, 0.3) is 0 Å². The predicted molar refractivity (Wildman–Crippen MR) is 79.9 cm³/mol. The van der Waals surface area contributed by atoms with Crippen LogP contribution < -0.4 is 10.1 Å². The van der Waals surface area contributed by atoms with Crippen LogP contribution in [0.15, 0.2) is 24.3 Å². The first-order valence-electron chi connectivity index (χ1n) is 6.90. The van der Waals surface area contributed by atoms with Gasteiger partial charge in [-0.15, -0.1) is 0 Å². The maximum atomic E-state index is 5.88. The topological polar surface area (TPSA) is 30.5 Å². The van der Waals surface area contributed by atoms with E-state index >= 15 is 0 Å². The molecule has 1 aromatic carbocycles. The molecule has 0 amide bonds. The minimum absolute atomic E-state index is 0.127. The van der Waals surface area contributed by atoms with E-state index in [4.69, 9.17) is 9.47 Å². The van der Waals surface area contributed by atoms with Gasteiger partial charge in [-0.2, -0.15) is 0 Å². The smallest absolute Gasteiger partial charge is 0.119 e. The first-order chi connectivity index (χ1) is 8.90. The first kappa shape index (κ1) is 16.0. The Morgan fingerprint density at radius 2 is 1.79 bits per heavy atom. The molecule has 0 aliphatic carbocycles. The fourth-order valence-electron chi connectivity index (χ4n) is 1.68. The average molecular weight is 265 g/mol. The molecule has 0 radical (unpaired) electrons. The Balaban J connectivity index is 2.40. The van der Waals surface area contributed by atoms with Crippen LogP contribution in [0.5, 0.6) is 5.75 Å². The highest BCUT2D eigenvalue weighted by molar-refractivity contribution is 5.27. The molecule has 1 unspecified atom stereocenters. The summed E-state index contributed by atoms with van der Waals surface area (Å²) in [4.78, 5) is 0. The third-order valence-corrected chi connectivity index (χ3v) is 2.78. The minimum Gasteiger partial charge on any atom is -0.489 e. The molecule has 1 rings (SSSR count). The lowest BCUT2D eigenvalue weighted by molar-refractivity contribution is 0.201. The number of ether oxygens (including phenoxy) is 2. The summed E-state index contributed by atoms with van der Waals surface area (Å²) in [6.45, 7) is 10.2. The fraction of sp³-hybridized carbons (Fsp3) is 0.625. The van der Waals surface area contributed by atoms with Gasteiger partial charge in [-0.3, -0.25) is 0 Å². The highest BCUT2D eigenvalue weighted by Crippen LogP contribution is 2.14.